The standard InChI is InChI=1S/C17H14FN5O4/c1-17(9-22-8-14(23(24)25)21-16(22)27-17)10-26-15-5-3-12(7-20-15)11-2-4-13(18)19-6-11/h2-8H,9-10H2,1H3. The number of hydrogen-bond acceptors (Lipinski definition) is 7. The normalized spacial score (nSPS) is 18.0. The van der Waals surface area contributed by atoms with Gasteiger partial charge in [-0.2, -0.15) is 4.39 Å². The Labute approximate surface area is 152 Å². The van der Waals surface area contributed by atoms with E-state index in [1.807, 2.05) is 6.92 Å². The lowest BCUT2D eigenvalue weighted by atomic mass is 10.1. The predicted octanol–water partition coefficient (Wildman–Crippen LogP) is 2.62. The van der Waals surface area contributed by atoms with Gasteiger partial charge in [0.05, 0.1) is 6.54 Å². The quantitative estimate of drug-likeness (QED) is 0.386. The Bertz CT molecular complexity index is 964. The first-order chi connectivity index (χ1) is 12.9. The van der Waals surface area contributed by atoms with Gasteiger partial charge in [0.15, 0.2) is 5.60 Å². The second-order valence-corrected chi connectivity index (χ2v) is 6.36. The van der Waals surface area contributed by atoms with E-state index in [4.69, 9.17) is 9.47 Å². The molecule has 0 N–H and O–H groups in total. The maximum absolute atomic E-state index is 12.9. The van der Waals surface area contributed by atoms with Gasteiger partial charge in [0, 0.05) is 34.6 Å². The van der Waals surface area contributed by atoms with Crippen molar-refractivity contribution in [2.75, 3.05) is 6.61 Å². The molecule has 138 valence electrons. The molecule has 0 fully saturated rings. The van der Waals surface area contributed by atoms with Gasteiger partial charge < -0.3 is 19.6 Å². The lowest BCUT2D eigenvalue weighted by Crippen LogP contribution is -2.38. The van der Waals surface area contributed by atoms with E-state index in [0.29, 0.717) is 12.4 Å². The highest BCUT2D eigenvalue weighted by Gasteiger charge is 2.41. The van der Waals surface area contributed by atoms with Crippen LogP contribution < -0.4 is 9.47 Å². The third-order valence-corrected chi connectivity index (χ3v) is 4.08. The summed E-state index contributed by atoms with van der Waals surface area (Å²) >= 11 is 0. The second kappa shape index (κ2) is 6.31. The minimum absolute atomic E-state index is 0.189. The lowest BCUT2D eigenvalue weighted by molar-refractivity contribution is -0.389. The SMILES string of the molecule is CC1(COc2ccc(-c3ccc(F)nc3)cn2)Cn2cc([N+](=O)[O-])nc2O1. The van der Waals surface area contributed by atoms with E-state index in [-0.39, 0.29) is 18.4 Å². The molecule has 0 spiro atoms. The van der Waals surface area contributed by atoms with Crippen LogP contribution in [0.3, 0.4) is 0 Å². The van der Waals surface area contributed by atoms with E-state index < -0.39 is 16.5 Å². The summed E-state index contributed by atoms with van der Waals surface area (Å²) in [5, 5.41) is 10.7. The van der Waals surface area contributed by atoms with E-state index in [0.717, 1.165) is 11.1 Å². The van der Waals surface area contributed by atoms with Gasteiger partial charge in [-0.15, -0.1) is 0 Å². The Morgan fingerprint density at radius 3 is 2.63 bits per heavy atom. The fraction of sp³-hybridized carbons (Fsp3) is 0.235. The summed E-state index contributed by atoms with van der Waals surface area (Å²) in [6.45, 7) is 2.39. The molecule has 0 bridgehead atoms. The van der Waals surface area contributed by atoms with Crippen molar-refractivity contribution in [2.24, 2.45) is 0 Å². The Hall–Kier alpha value is -3.56. The molecule has 9 nitrogen and oxygen atoms in total. The summed E-state index contributed by atoms with van der Waals surface area (Å²) in [5.41, 5.74) is 0.817. The largest absolute Gasteiger partial charge is 0.473 e. The molecule has 1 unspecified atom stereocenters. The van der Waals surface area contributed by atoms with Gasteiger partial charge in [-0.05, 0) is 30.0 Å². The van der Waals surface area contributed by atoms with Crippen LogP contribution in [0.2, 0.25) is 0 Å². The number of imidazole rings is 1. The number of fused-ring (bicyclic) bond motifs is 1. The number of nitro groups is 1. The van der Waals surface area contributed by atoms with Crippen LogP contribution in [-0.4, -0.2) is 36.7 Å². The van der Waals surface area contributed by atoms with Crippen molar-refractivity contribution in [2.45, 2.75) is 19.1 Å². The Kier molecular flexibility index (Phi) is 3.94. The molecule has 4 rings (SSSR count). The van der Waals surface area contributed by atoms with E-state index in [1.165, 1.54) is 18.5 Å². The smallest absolute Gasteiger partial charge is 0.415 e. The van der Waals surface area contributed by atoms with Crippen LogP contribution in [0, 0.1) is 16.1 Å². The van der Waals surface area contributed by atoms with Crippen LogP contribution in [0.1, 0.15) is 6.92 Å². The zero-order valence-electron chi connectivity index (χ0n) is 14.2. The first kappa shape index (κ1) is 16.9. The van der Waals surface area contributed by atoms with Gasteiger partial charge in [-0.3, -0.25) is 4.57 Å². The molecular weight excluding hydrogens is 357 g/mol. The number of ether oxygens (including phenoxy) is 2. The number of nitrogens with zero attached hydrogens (tertiary/aromatic N) is 5. The third-order valence-electron chi connectivity index (χ3n) is 4.08. The van der Waals surface area contributed by atoms with E-state index in [1.54, 1.807) is 29.0 Å². The van der Waals surface area contributed by atoms with Crippen LogP contribution >= 0.6 is 0 Å². The maximum atomic E-state index is 12.9. The summed E-state index contributed by atoms with van der Waals surface area (Å²) in [5.74, 6) is -0.392. The van der Waals surface area contributed by atoms with Crippen molar-refractivity contribution in [3.05, 3.63) is 58.9 Å². The minimum atomic E-state index is -0.710. The highest BCUT2D eigenvalue weighted by molar-refractivity contribution is 5.61. The molecule has 1 atom stereocenters. The Balaban J connectivity index is 1.39. The summed E-state index contributed by atoms with van der Waals surface area (Å²) in [4.78, 5) is 21.9. The lowest BCUT2D eigenvalue weighted by Gasteiger charge is -2.21. The van der Waals surface area contributed by atoms with Crippen molar-refractivity contribution in [1.82, 2.24) is 19.5 Å². The van der Waals surface area contributed by atoms with Crippen molar-refractivity contribution in [3.63, 3.8) is 0 Å². The van der Waals surface area contributed by atoms with Gasteiger partial charge >= 0.3 is 11.8 Å². The molecule has 0 aliphatic carbocycles. The van der Waals surface area contributed by atoms with Gasteiger partial charge in [-0.25, -0.2) is 9.97 Å². The zero-order chi connectivity index (χ0) is 19.0. The average Bonchev–Trinajstić information content (AvgIpc) is 3.17. The molecule has 1 aliphatic rings. The van der Waals surface area contributed by atoms with Gasteiger partial charge in [0.1, 0.15) is 12.8 Å². The molecule has 10 heteroatoms. The van der Waals surface area contributed by atoms with Gasteiger partial charge in [0.2, 0.25) is 11.8 Å². The molecule has 3 aromatic heterocycles. The minimum Gasteiger partial charge on any atom is -0.473 e. The number of pyridine rings is 2. The molecule has 0 saturated carbocycles. The molecule has 4 heterocycles. The molecule has 0 amide bonds. The van der Waals surface area contributed by atoms with Crippen LogP contribution in [0.5, 0.6) is 11.9 Å². The Morgan fingerprint density at radius 2 is 2.04 bits per heavy atom. The molecule has 3 aromatic rings. The van der Waals surface area contributed by atoms with Crippen molar-refractivity contribution in [3.8, 4) is 23.0 Å². The van der Waals surface area contributed by atoms with Crippen LogP contribution in [-0.2, 0) is 6.54 Å². The summed E-state index contributed by atoms with van der Waals surface area (Å²) < 4.78 is 25.9. The Morgan fingerprint density at radius 1 is 1.30 bits per heavy atom. The maximum Gasteiger partial charge on any atom is 0.415 e. The van der Waals surface area contributed by atoms with Crippen LogP contribution in [0.4, 0.5) is 10.2 Å². The number of aromatic nitrogens is 4. The number of hydrogen-bond donors (Lipinski definition) is 0. The monoisotopic (exact) mass is 371 g/mol. The molecule has 0 saturated heterocycles. The van der Waals surface area contributed by atoms with Crippen molar-refractivity contribution in [1.29, 1.82) is 0 Å². The average molecular weight is 371 g/mol. The summed E-state index contributed by atoms with van der Waals surface area (Å²) in [6, 6.07) is 6.59. The molecule has 0 aromatic carbocycles. The predicted molar refractivity (Wildman–Crippen MR) is 90.8 cm³/mol. The first-order valence-electron chi connectivity index (χ1n) is 8.03. The van der Waals surface area contributed by atoms with Gasteiger partial charge in [0.25, 0.3) is 0 Å². The van der Waals surface area contributed by atoms with E-state index >= 15 is 0 Å². The molecule has 27 heavy (non-hydrogen) atoms. The summed E-state index contributed by atoms with van der Waals surface area (Å²) in [6.07, 6.45) is 4.38. The van der Waals surface area contributed by atoms with Crippen LogP contribution in [0.15, 0.2) is 42.9 Å². The topological polar surface area (TPSA) is 105 Å². The van der Waals surface area contributed by atoms with E-state index in [2.05, 4.69) is 15.0 Å². The molecule has 1 aliphatic heterocycles. The van der Waals surface area contributed by atoms with Crippen LogP contribution in [0.25, 0.3) is 11.1 Å². The number of rotatable bonds is 5. The highest BCUT2D eigenvalue weighted by Crippen LogP contribution is 2.31. The van der Waals surface area contributed by atoms with Gasteiger partial charge in [-0.1, -0.05) is 0 Å². The number of halogens is 1. The van der Waals surface area contributed by atoms with E-state index in [9.17, 15) is 14.5 Å². The molecule has 0 radical (unpaired) electrons. The highest BCUT2D eigenvalue weighted by atomic mass is 19.1. The van der Waals surface area contributed by atoms with Crippen molar-refractivity contribution < 1.29 is 18.8 Å². The zero-order valence-corrected chi connectivity index (χ0v) is 14.2. The molecular formula is C17H14FN5O4. The fourth-order valence-corrected chi connectivity index (χ4v) is 2.77. The fourth-order valence-electron chi connectivity index (χ4n) is 2.77. The first-order valence-corrected chi connectivity index (χ1v) is 8.03. The second-order valence-electron chi connectivity index (χ2n) is 6.36. The summed E-state index contributed by atoms with van der Waals surface area (Å²) in [7, 11) is 0. The van der Waals surface area contributed by atoms with Crippen molar-refractivity contribution >= 4 is 5.82 Å². The third kappa shape index (κ3) is 3.41.